The van der Waals surface area contributed by atoms with Gasteiger partial charge in [-0.15, -0.1) is 10.2 Å². The number of nitriles is 1. The summed E-state index contributed by atoms with van der Waals surface area (Å²) in [5.74, 6) is 2.64. The van der Waals surface area contributed by atoms with Crippen molar-refractivity contribution < 1.29 is 9.21 Å². The normalized spacial score (nSPS) is 13.1. The summed E-state index contributed by atoms with van der Waals surface area (Å²) in [5, 5.41) is 22.3. The molecule has 9 heteroatoms. The number of amides is 1. The molecule has 178 valence electrons. The summed E-state index contributed by atoms with van der Waals surface area (Å²) < 4.78 is 9.53. The van der Waals surface area contributed by atoms with E-state index in [1.165, 1.54) is 17.3 Å². The van der Waals surface area contributed by atoms with Crippen LogP contribution in [0.2, 0.25) is 0 Å². The molecule has 8 nitrogen and oxygen atoms in total. The highest BCUT2D eigenvalue weighted by atomic mass is 32.2. The average Bonchev–Trinajstić information content (AvgIpc) is 3.35. The molecule has 1 fully saturated rings. The summed E-state index contributed by atoms with van der Waals surface area (Å²) in [6, 6.07) is 16.1. The van der Waals surface area contributed by atoms with Crippen molar-refractivity contribution in [1.82, 2.24) is 19.3 Å². The highest BCUT2D eigenvalue weighted by Crippen LogP contribution is 2.40. The molecule has 0 bridgehead atoms. The van der Waals surface area contributed by atoms with Gasteiger partial charge in [-0.1, -0.05) is 42.1 Å². The van der Waals surface area contributed by atoms with E-state index in [-0.39, 0.29) is 11.7 Å². The quantitative estimate of drug-likeness (QED) is 0.339. The van der Waals surface area contributed by atoms with Crippen molar-refractivity contribution in [1.29, 1.82) is 5.26 Å². The lowest BCUT2D eigenvalue weighted by Crippen LogP contribution is -2.19. The Morgan fingerprint density at radius 1 is 1.14 bits per heavy atom. The third kappa shape index (κ3) is 4.88. The number of carbonyl (C=O) groups is 1. The van der Waals surface area contributed by atoms with Gasteiger partial charge in [0.05, 0.1) is 30.7 Å². The topological polar surface area (TPSA) is 102 Å². The van der Waals surface area contributed by atoms with Crippen molar-refractivity contribution >= 4 is 23.5 Å². The van der Waals surface area contributed by atoms with Crippen molar-refractivity contribution in [3.63, 3.8) is 0 Å². The summed E-state index contributed by atoms with van der Waals surface area (Å²) in [7, 11) is 0. The molecule has 0 spiro atoms. The number of nitrogens with zero attached hydrogens (tertiary/aromatic N) is 5. The Kier molecular flexibility index (Phi) is 6.47. The lowest BCUT2D eigenvalue weighted by Gasteiger charge is -2.12. The number of thioether (sulfide) groups is 1. The van der Waals surface area contributed by atoms with Gasteiger partial charge < -0.3 is 18.9 Å². The number of carbonyl (C=O) groups excluding carboxylic acids is 1. The van der Waals surface area contributed by atoms with Gasteiger partial charge in [0, 0.05) is 11.6 Å². The summed E-state index contributed by atoms with van der Waals surface area (Å²) in [6.45, 7) is 4.93. The van der Waals surface area contributed by atoms with Crippen molar-refractivity contribution in [2.24, 2.45) is 0 Å². The molecule has 35 heavy (non-hydrogen) atoms. The van der Waals surface area contributed by atoms with Crippen LogP contribution in [0.5, 0.6) is 0 Å². The maximum absolute atomic E-state index is 13.0. The Morgan fingerprint density at radius 3 is 2.63 bits per heavy atom. The van der Waals surface area contributed by atoms with Gasteiger partial charge in [0.1, 0.15) is 23.5 Å². The average molecular weight is 487 g/mol. The van der Waals surface area contributed by atoms with Crippen LogP contribution in [0.15, 0.2) is 58.3 Å². The predicted octanol–water partition coefficient (Wildman–Crippen LogP) is 4.87. The molecule has 1 aliphatic carbocycles. The summed E-state index contributed by atoms with van der Waals surface area (Å²) in [5.41, 5.74) is 3.40. The Bertz CT molecular complexity index is 1380. The molecule has 3 heterocycles. The number of aromatic nitrogens is 4. The molecular formula is C26H26N6O2S. The van der Waals surface area contributed by atoms with Crippen molar-refractivity contribution in [2.75, 3.05) is 11.1 Å². The van der Waals surface area contributed by atoms with Crippen LogP contribution in [0.1, 0.15) is 52.7 Å². The molecule has 1 aliphatic rings. The lowest BCUT2D eigenvalue weighted by atomic mass is 10.2. The monoisotopic (exact) mass is 486 g/mol. The number of hydrogen-bond acceptors (Lipinski definition) is 6. The van der Waals surface area contributed by atoms with Gasteiger partial charge in [-0.2, -0.15) is 5.26 Å². The molecule has 0 aliphatic heterocycles. The van der Waals surface area contributed by atoms with Crippen molar-refractivity contribution in [2.45, 2.75) is 50.9 Å². The summed E-state index contributed by atoms with van der Waals surface area (Å²) >= 11 is 1.36. The predicted molar refractivity (Wildman–Crippen MR) is 133 cm³/mol. The summed E-state index contributed by atoms with van der Waals surface area (Å²) in [4.78, 5) is 13.0. The number of hydrogen-bond donors (Lipinski definition) is 1. The zero-order valence-corrected chi connectivity index (χ0v) is 20.5. The molecule has 1 aromatic carbocycles. The van der Waals surface area contributed by atoms with Gasteiger partial charge in [0.2, 0.25) is 5.91 Å². The zero-order valence-electron chi connectivity index (χ0n) is 19.7. The number of furan rings is 1. The van der Waals surface area contributed by atoms with E-state index in [0.717, 1.165) is 40.8 Å². The first-order valence-corrected chi connectivity index (χ1v) is 12.6. The van der Waals surface area contributed by atoms with Crippen LogP contribution in [0.4, 0.5) is 5.82 Å². The van der Waals surface area contributed by atoms with Gasteiger partial charge in [-0.25, -0.2) is 0 Å². The van der Waals surface area contributed by atoms with Crippen molar-refractivity contribution in [3.05, 3.63) is 82.7 Å². The fourth-order valence-electron chi connectivity index (χ4n) is 4.15. The Balaban J connectivity index is 1.33. The molecule has 0 atom stereocenters. The molecule has 1 N–H and O–H groups in total. The van der Waals surface area contributed by atoms with Crippen LogP contribution < -0.4 is 5.32 Å². The molecule has 0 radical (unpaired) electrons. The van der Waals surface area contributed by atoms with Crippen LogP contribution in [-0.4, -0.2) is 31.0 Å². The third-order valence-corrected chi connectivity index (χ3v) is 7.26. The second-order valence-electron chi connectivity index (χ2n) is 8.73. The summed E-state index contributed by atoms with van der Waals surface area (Å²) in [6.07, 6.45) is 3.86. The molecule has 0 unspecified atom stereocenters. The Morgan fingerprint density at radius 2 is 1.94 bits per heavy atom. The molecule has 1 amide bonds. The second kappa shape index (κ2) is 9.84. The van der Waals surface area contributed by atoms with Gasteiger partial charge in [-0.05, 0) is 49.9 Å². The van der Waals surface area contributed by atoms with Crippen LogP contribution >= 0.6 is 11.8 Å². The molecular weight excluding hydrogens is 460 g/mol. The van der Waals surface area contributed by atoms with Crippen molar-refractivity contribution in [3.8, 4) is 6.07 Å². The molecule has 3 aromatic heterocycles. The molecule has 4 aromatic rings. The third-order valence-electron chi connectivity index (χ3n) is 6.30. The van der Waals surface area contributed by atoms with Gasteiger partial charge in [0.15, 0.2) is 5.16 Å². The van der Waals surface area contributed by atoms with Crippen LogP contribution in [0, 0.1) is 25.2 Å². The van der Waals surface area contributed by atoms with Crippen LogP contribution in [-0.2, 0) is 17.9 Å². The Labute approximate surface area is 208 Å². The minimum Gasteiger partial charge on any atom is -0.467 e. The number of benzene rings is 1. The first kappa shape index (κ1) is 23.0. The highest BCUT2D eigenvalue weighted by molar-refractivity contribution is 7.99. The zero-order chi connectivity index (χ0) is 24.4. The van der Waals surface area contributed by atoms with Crippen LogP contribution in [0.3, 0.4) is 0 Å². The maximum atomic E-state index is 13.0. The number of nitrogens with one attached hydrogen (secondary N) is 1. The van der Waals surface area contributed by atoms with E-state index in [1.807, 2.05) is 48.7 Å². The molecule has 5 rings (SSSR count). The van der Waals surface area contributed by atoms with E-state index in [4.69, 9.17) is 4.42 Å². The smallest absolute Gasteiger partial charge is 0.235 e. The van der Waals surface area contributed by atoms with Crippen LogP contribution in [0.25, 0.3) is 0 Å². The lowest BCUT2D eigenvalue weighted by molar-refractivity contribution is -0.113. The standard InChI is InChI=1S/C26H26N6O2S/c1-17-18(2)31(15-21-9-6-12-34-21)25(22(17)13-27)28-23(33)16-35-26-30-29-24(20-10-11-20)32(26)14-19-7-4-3-5-8-19/h3-9,12,20H,10-11,14-16H2,1-2H3,(H,28,33). The molecule has 0 saturated heterocycles. The fraction of sp³-hybridized carbons (Fsp3) is 0.308. The van der Waals surface area contributed by atoms with Gasteiger partial charge in [0.25, 0.3) is 0 Å². The largest absolute Gasteiger partial charge is 0.467 e. The first-order valence-electron chi connectivity index (χ1n) is 11.6. The van der Waals surface area contributed by atoms with E-state index in [9.17, 15) is 10.1 Å². The number of rotatable bonds is 9. The highest BCUT2D eigenvalue weighted by Gasteiger charge is 2.30. The minimum atomic E-state index is -0.202. The fourth-order valence-corrected chi connectivity index (χ4v) is 4.89. The van der Waals surface area contributed by atoms with E-state index >= 15 is 0 Å². The second-order valence-corrected chi connectivity index (χ2v) is 9.68. The minimum absolute atomic E-state index is 0.159. The SMILES string of the molecule is Cc1c(C#N)c(NC(=O)CSc2nnc(C3CC3)n2Cc2ccccc2)n(Cc2ccco2)c1C. The van der Waals surface area contributed by atoms with E-state index in [1.54, 1.807) is 6.26 Å². The maximum Gasteiger partial charge on any atom is 0.235 e. The van der Waals surface area contributed by atoms with Gasteiger partial charge in [-0.3, -0.25) is 4.79 Å². The van der Waals surface area contributed by atoms with E-state index < -0.39 is 0 Å². The first-order chi connectivity index (χ1) is 17.0. The molecule has 1 saturated carbocycles. The van der Waals surface area contributed by atoms with Gasteiger partial charge >= 0.3 is 0 Å². The number of anilines is 1. The Hall–Kier alpha value is -3.77. The van der Waals surface area contributed by atoms with E-state index in [2.05, 4.69) is 38.3 Å². The van der Waals surface area contributed by atoms with E-state index in [0.29, 0.717) is 30.4 Å².